The monoisotopic (exact) mass is 358 g/mol. The summed E-state index contributed by atoms with van der Waals surface area (Å²) in [5, 5.41) is 17.8. The molecule has 0 fully saturated rings. The summed E-state index contributed by atoms with van der Waals surface area (Å²) in [7, 11) is 0. The Bertz CT molecular complexity index is 1250. The topological polar surface area (TPSA) is 91.8 Å². The molecule has 0 unspecified atom stereocenters. The summed E-state index contributed by atoms with van der Waals surface area (Å²) in [6, 6.07) is 10.1. The first-order chi connectivity index (χ1) is 13.0. The first-order valence-corrected chi connectivity index (χ1v) is 8.65. The molecule has 7 heteroatoms. The van der Waals surface area contributed by atoms with Gasteiger partial charge in [0.2, 0.25) is 0 Å². The number of H-pyrrole nitrogens is 1. The largest absolute Gasteiger partial charge is 0.338 e. The summed E-state index contributed by atoms with van der Waals surface area (Å²) in [6.45, 7) is 5.94. The highest BCUT2D eigenvalue weighted by Crippen LogP contribution is 2.26. The molecule has 7 nitrogen and oxygen atoms in total. The Hall–Kier alpha value is -3.66. The molecule has 3 heterocycles. The van der Waals surface area contributed by atoms with Gasteiger partial charge in [-0.25, -0.2) is 4.68 Å². The van der Waals surface area contributed by atoms with E-state index in [1.165, 1.54) is 10.7 Å². The maximum absolute atomic E-state index is 13.0. The number of aryl methyl sites for hydroxylation is 1. The van der Waals surface area contributed by atoms with Crippen LogP contribution in [-0.4, -0.2) is 24.4 Å². The van der Waals surface area contributed by atoms with Gasteiger partial charge in [0.25, 0.3) is 5.56 Å². The molecule has 0 aliphatic heterocycles. The summed E-state index contributed by atoms with van der Waals surface area (Å²) in [5.41, 5.74) is 4.64. The van der Waals surface area contributed by atoms with Crippen LogP contribution >= 0.6 is 0 Å². The van der Waals surface area contributed by atoms with Crippen LogP contribution in [0.2, 0.25) is 0 Å². The summed E-state index contributed by atoms with van der Waals surface area (Å²) in [5.74, 6) is -0.0230. The standard InChI is InChI=1S/C20H18N6O/c1-12(2)17-18(24-19-14(8-21)9-23-26(19)20(17)27)15-10-22-25(11-15)16-6-4-5-13(3)7-16/h4-7,9-12,24H,1-3H3. The van der Waals surface area contributed by atoms with Gasteiger partial charge in [0.05, 0.1) is 23.8 Å². The normalized spacial score (nSPS) is 11.2. The fourth-order valence-corrected chi connectivity index (χ4v) is 3.24. The molecule has 0 saturated heterocycles. The number of rotatable bonds is 3. The predicted octanol–water partition coefficient (Wildman–Crippen LogP) is 3.18. The number of aromatic amines is 1. The first-order valence-electron chi connectivity index (χ1n) is 8.65. The van der Waals surface area contributed by atoms with Crippen molar-refractivity contribution in [2.24, 2.45) is 0 Å². The van der Waals surface area contributed by atoms with E-state index in [2.05, 4.69) is 21.3 Å². The van der Waals surface area contributed by atoms with E-state index in [1.807, 2.05) is 51.2 Å². The minimum Gasteiger partial charge on any atom is -0.338 e. The highest BCUT2D eigenvalue weighted by atomic mass is 16.1. The minimum absolute atomic E-state index is 0.0230. The third kappa shape index (κ3) is 2.72. The van der Waals surface area contributed by atoms with Crippen LogP contribution in [0.1, 0.15) is 36.5 Å². The molecule has 1 N–H and O–H groups in total. The van der Waals surface area contributed by atoms with Crippen LogP contribution in [0.5, 0.6) is 0 Å². The van der Waals surface area contributed by atoms with Gasteiger partial charge in [0.1, 0.15) is 11.6 Å². The van der Waals surface area contributed by atoms with Gasteiger partial charge >= 0.3 is 0 Å². The SMILES string of the molecule is Cc1cccc(-n2cc(-c3[nH]c4c(C#N)cnn4c(=O)c3C(C)C)cn2)c1. The molecule has 0 radical (unpaired) electrons. The lowest BCUT2D eigenvalue weighted by Gasteiger charge is -2.11. The number of hydrogen-bond donors (Lipinski definition) is 1. The van der Waals surface area contributed by atoms with E-state index in [0.29, 0.717) is 22.5 Å². The second kappa shape index (κ2) is 6.25. The van der Waals surface area contributed by atoms with E-state index in [1.54, 1.807) is 10.9 Å². The Kier molecular flexibility index (Phi) is 3.89. The van der Waals surface area contributed by atoms with Gasteiger partial charge < -0.3 is 4.98 Å². The van der Waals surface area contributed by atoms with Crippen molar-refractivity contribution in [1.29, 1.82) is 5.26 Å². The van der Waals surface area contributed by atoms with Crippen LogP contribution in [0.15, 0.2) is 47.7 Å². The Balaban J connectivity index is 1.95. The molecule has 4 rings (SSSR count). The zero-order valence-electron chi connectivity index (χ0n) is 15.3. The number of benzene rings is 1. The van der Waals surface area contributed by atoms with Crippen molar-refractivity contribution < 1.29 is 0 Å². The molecule has 0 aliphatic carbocycles. The Morgan fingerprint density at radius 3 is 2.74 bits per heavy atom. The molecule has 4 aromatic rings. The number of fused-ring (bicyclic) bond motifs is 1. The van der Waals surface area contributed by atoms with Gasteiger partial charge in [0, 0.05) is 17.3 Å². The Morgan fingerprint density at radius 1 is 1.22 bits per heavy atom. The minimum atomic E-state index is -0.224. The first kappa shape index (κ1) is 16.8. The van der Waals surface area contributed by atoms with Gasteiger partial charge in [-0.15, -0.1) is 0 Å². The molecule has 0 spiro atoms. The van der Waals surface area contributed by atoms with E-state index in [-0.39, 0.29) is 11.5 Å². The fraction of sp³-hybridized carbons (Fsp3) is 0.200. The van der Waals surface area contributed by atoms with Gasteiger partial charge in [-0.2, -0.15) is 20.0 Å². The molecule has 3 aromatic heterocycles. The average Bonchev–Trinajstić information content (AvgIpc) is 3.28. The molecule has 134 valence electrons. The van der Waals surface area contributed by atoms with E-state index in [4.69, 9.17) is 0 Å². The highest BCUT2D eigenvalue weighted by Gasteiger charge is 2.20. The van der Waals surface area contributed by atoms with Gasteiger partial charge in [-0.3, -0.25) is 4.79 Å². The summed E-state index contributed by atoms with van der Waals surface area (Å²) < 4.78 is 3.03. The molecule has 27 heavy (non-hydrogen) atoms. The number of hydrogen-bond acceptors (Lipinski definition) is 4. The van der Waals surface area contributed by atoms with Crippen molar-refractivity contribution in [2.45, 2.75) is 26.7 Å². The number of nitrogens with zero attached hydrogens (tertiary/aromatic N) is 5. The third-order valence-corrected chi connectivity index (χ3v) is 4.54. The lowest BCUT2D eigenvalue weighted by molar-refractivity contribution is 0.797. The molecule has 0 amide bonds. The van der Waals surface area contributed by atoms with Crippen LogP contribution in [0.4, 0.5) is 0 Å². The van der Waals surface area contributed by atoms with Crippen molar-refractivity contribution in [2.75, 3.05) is 0 Å². The molecular formula is C20H18N6O. The molecular weight excluding hydrogens is 340 g/mol. The number of nitrogens with one attached hydrogen (secondary N) is 1. The smallest absolute Gasteiger partial charge is 0.278 e. The van der Waals surface area contributed by atoms with Crippen LogP contribution in [-0.2, 0) is 0 Å². The van der Waals surface area contributed by atoms with E-state index in [0.717, 1.165) is 16.8 Å². The highest BCUT2D eigenvalue weighted by molar-refractivity contribution is 5.67. The quantitative estimate of drug-likeness (QED) is 0.609. The zero-order valence-corrected chi connectivity index (χ0v) is 15.3. The molecule has 0 saturated carbocycles. The van der Waals surface area contributed by atoms with Crippen LogP contribution in [0.25, 0.3) is 22.6 Å². The molecule has 1 aromatic carbocycles. The average molecular weight is 358 g/mol. The van der Waals surface area contributed by atoms with Crippen molar-refractivity contribution >= 4 is 5.65 Å². The van der Waals surface area contributed by atoms with Gasteiger partial charge in [0.15, 0.2) is 5.65 Å². The molecule has 0 aliphatic rings. The van der Waals surface area contributed by atoms with E-state index < -0.39 is 0 Å². The summed E-state index contributed by atoms with van der Waals surface area (Å²) >= 11 is 0. The second-order valence-electron chi connectivity index (χ2n) is 6.82. The zero-order chi connectivity index (χ0) is 19.1. The fourth-order valence-electron chi connectivity index (χ4n) is 3.24. The number of nitriles is 1. The van der Waals surface area contributed by atoms with Crippen LogP contribution in [0, 0.1) is 18.3 Å². The van der Waals surface area contributed by atoms with Gasteiger partial charge in [-0.1, -0.05) is 26.0 Å². The molecule has 0 atom stereocenters. The van der Waals surface area contributed by atoms with Crippen LogP contribution < -0.4 is 5.56 Å². The lowest BCUT2D eigenvalue weighted by Crippen LogP contribution is -2.22. The Labute approximate surface area is 155 Å². The maximum atomic E-state index is 13.0. The van der Waals surface area contributed by atoms with Crippen molar-refractivity contribution in [3.05, 3.63) is 69.9 Å². The lowest BCUT2D eigenvalue weighted by atomic mass is 10.00. The van der Waals surface area contributed by atoms with Crippen molar-refractivity contribution in [3.8, 4) is 23.0 Å². The predicted molar refractivity (Wildman–Crippen MR) is 102 cm³/mol. The number of aromatic nitrogens is 5. The third-order valence-electron chi connectivity index (χ3n) is 4.54. The summed E-state index contributed by atoms with van der Waals surface area (Å²) in [6.07, 6.45) is 5.00. The second-order valence-corrected chi connectivity index (χ2v) is 6.82. The molecule has 0 bridgehead atoms. The van der Waals surface area contributed by atoms with Crippen LogP contribution in [0.3, 0.4) is 0 Å². The maximum Gasteiger partial charge on any atom is 0.278 e. The van der Waals surface area contributed by atoms with Crippen molar-refractivity contribution in [3.63, 3.8) is 0 Å². The van der Waals surface area contributed by atoms with E-state index >= 15 is 0 Å². The Morgan fingerprint density at radius 2 is 2.04 bits per heavy atom. The van der Waals surface area contributed by atoms with Crippen molar-refractivity contribution in [1.82, 2.24) is 24.4 Å². The summed E-state index contributed by atoms with van der Waals surface area (Å²) in [4.78, 5) is 16.2. The van der Waals surface area contributed by atoms with Gasteiger partial charge in [-0.05, 0) is 30.5 Å². The van der Waals surface area contributed by atoms with E-state index in [9.17, 15) is 10.1 Å².